The van der Waals surface area contributed by atoms with Crippen molar-refractivity contribution in [1.29, 1.82) is 0 Å². The van der Waals surface area contributed by atoms with E-state index in [1.807, 2.05) is 6.82 Å². The summed E-state index contributed by atoms with van der Waals surface area (Å²) < 4.78 is 49.4. The monoisotopic (exact) mass is 489 g/mol. The molecule has 1 aliphatic rings. The molecule has 2 heterocycles. The normalized spacial score (nSPS) is 15.0. The average molecular weight is 489 g/mol. The lowest BCUT2D eigenvalue weighted by atomic mass is 10.0. The first-order chi connectivity index (χ1) is 16.2. The minimum atomic E-state index is -3.08. The number of ether oxygens (including phenoxy) is 1. The Kier molecular flexibility index (Phi) is 6.80. The molecule has 177 valence electrons. The first kappa shape index (κ1) is 24.0. The van der Waals surface area contributed by atoms with Crippen LogP contribution in [0.3, 0.4) is 0 Å². The van der Waals surface area contributed by atoms with Crippen LogP contribution in [0.25, 0.3) is 11.3 Å². The number of hydrogen-bond acceptors (Lipinski definition) is 5. The van der Waals surface area contributed by atoms with Gasteiger partial charge in [0.25, 0.3) is 17.7 Å². The lowest BCUT2D eigenvalue weighted by molar-refractivity contribution is -0.119. The third-order valence-corrected chi connectivity index (χ3v) is 6.30. The van der Waals surface area contributed by atoms with Crippen molar-refractivity contribution in [2.45, 2.75) is 31.6 Å². The zero-order chi connectivity index (χ0) is 24.5. The molecule has 3 aromatic rings. The van der Waals surface area contributed by atoms with E-state index >= 15 is 0 Å². The third kappa shape index (κ3) is 4.87. The van der Waals surface area contributed by atoms with Gasteiger partial charge in [-0.3, -0.25) is 9.59 Å². The van der Waals surface area contributed by atoms with E-state index in [-0.39, 0.29) is 40.5 Å². The molecule has 2 N–H and O–H groups in total. The maximum absolute atomic E-state index is 14.4. The van der Waals surface area contributed by atoms with Crippen LogP contribution in [0.1, 0.15) is 27.9 Å². The largest absolute Gasteiger partial charge is 0.402 e. The van der Waals surface area contributed by atoms with Crippen molar-refractivity contribution in [3.63, 3.8) is 0 Å². The Morgan fingerprint density at radius 2 is 2.18 bits per heavy atom. The van der Waals surface area contributed by atoms with E-state index in [0.717, 1.165) is 11.3 Å². The molecule has 0 spiro atoms. The van der Waals surface area contributed by atoms with Crippen LogP contribution in [-0.4, -0.2) is 48.4 Å². The molecule has 34 heavy (non-hydrogen) atoms. The van der Waals surface area contributed by atoms with Crippen LogP contribution >= 0.6 is 11.3 Å². The summed E-state index contributed by atoms with van der Waals surface area (Å²) in [7, 11) is 3.17. The smallest absolute Gasteiger partial charge is 0.273 e. The predicted octanol–water partition coefficient (Wildman–Crippen LogP) is 3.69. The van der Waals surface area contributed by atoms with Crippen LogP contribution in [0.4, 0.5) is 18.3 Å². The second-order valence-electron chi connectivity index (χ2n) is 7.80. The summed E-state index contributed by atoms with van der Waals surface area (Å²) in [6.45, 7) is 1.73. The number of halogens is 3. The molecule has 1 radical (unpaired) electrons. The summed E-state index contributed by atoms with van der Waals surface area (Å²) in [4.78, 5) is 29.5. The molecule has 2 aromatic heterocycles. The number of benzene rings is 1. The highest BCUT2D eigenvalue weighted by Gasteiger charge is 2.41. The second-order valence-corrected chi connectivity index (χ2v) is 8.66. The molecule has 0 saturated carbocycles. The molecular formula is C22H21BF3N4O3S. The van der Waals surface area contributed by atoms with Crippen molar-refractivity contribution in [3.8, 4) is 11.3 Å². The zero-order valence-corrected chi connectivity index (χ0v) is 19.2. The maximum Gasteiger partial charge on any atom is 0.273 e. The fraction of sp³-hybridized carbons (Fsp3) is 0.318. The number of thiazole rings is 1. The van der Waals surface area contributed by atoms with Crippen LogP contribution in [0.15, 0.2) is 36.0 Å². The number of nitrogens with one attached hydrogen (secondary N) is 2. The summed E-state index contributed by atoms with van der Waals surface area (Å²) in [6.07, 6.45) is 2.88. The number of fused-ring (bicyclic) bond motifs is 1. The molecule has 2 amide bonds. The molecular weight excluding hydrogens is 468 g/mol. The van der Waals surface area contributed by atoms with Gasteiger partial charge in [-0.1, -0.05) is 6.82 Å². The number of rotatable bonds is 8. The van der Waals surface area contributed by atoms with Gasteiger partial charge in [0.1, 0.15) is 11.9 Å². The summed E-state index contributed by atoms with van der Waals surface area (Å²) in [5, 5.41) is 6.92. The van der Waals surface area contributed by atoms with Gasteiger partial charge >= 0.3 is 0 Å². The minimum Gasteiger partial charge on any atom is -0.402 e. The minimum absolute atomic E-state index is 0.0130. The Balaban J connectivity index is 1.48. The SMILES string of the molecule is C[B]n1ccc(C(=O)NC(COC)C(=O)Nc2nc(-c3cc(F)c4c(c3)C(F)(F)CC4)cs2)c1. The maximum atomic E-state index is 14.4. The first-order valence-electron chi connectivity index (χ1n) is 10.5. The molecule has 0 aliphatic heterocycles. The summed E-state index contributed by atoms with van der Waals surface area (Å²) >= 11 is 1.05. The van der Waals surface area contributed by atoms with Crippen molar-refractivity contribution in [2.75, 3.05) is 19.0 Å². The molecule has 0 fully saturated rings. The van der Waals surface area contributed by atoms with Gasteiger partial charge in [-0.15, -0.1) is 11.3 Å². The molecule has 0 saturated heterocycles. The van der Waals surface area contributed by atoms with E-state index in [4.69, 9.17) is 4.74 Å². The Morgan fingerprint density at radius 3 is 2.88 bits per heavy atom. The fourth-order valence-electron chi connectivity index (χ4n) is 3.74. The molecule has 4 rings (SSSR count). The average Bonchev–Trinajstić information content (AvgIpc) is 3.53. The molecule has 7 nitrogen and oxygen atoms in total. The topological polar surface area (TPSA) is 85.2 Å². The van der Waals surface area contributed by atoms with Crippen LogP contribution in [0, 0.1) is 5.82 Å². The third-order valence-electron chi connectivity index (χ3n) is 5.54. The zero-order valence-electron chi connectivity index (χ0n) is 18.4. The first-order valence-corrected chi connectivity index (χ1v) is 11.3. The van der Waals surface area contributed by atoms with Crippen LogP contribution in [-0.2, 0) is 21.9 Å². The molecule has 1 aromatic carbocycles. The molecule has 1 unspecified atom stereocenters. The number of nitrogens with zero attached hydrogens (tertiary/aromatic N) is 2. The Hall–Kier alpha value is -3.12. The predicted molar refractivity (Wildman–Crippen MR) is 123 cm³/mol. The van der Waals surface area contributed by atoms with Crippen LogP contribution < -0.4 is 10.6 Å². The van der Waals surface area contributed by atoms with Gasteiger partial charge in [0.05, 0.1) is 17.9 Å². The number of anilines is 1. The highest BCUT2D eigenvalue weighted by Crippen LogP contribution is 2.44. The van der Waals surface area contributed by atoms with Gasteiger partial charge in [-0.2, -0.15) is 0 Å². The van der Waals surface area contributed by atoms with E-state index in [1.54, 1.807) is 30.4 Å². The van der Waals surface area contributed by atoms with Crippen LogP contribution in [0.5, 0.6) is 0 Å². The second kappa shape index (κ2) is 9.63. The Morgan fingerprint density at radius 1 is 1.38 bits per heavy atom. The van der Waals surface area contributed by atoms with Crippen LogP contribution in [0.2, 0.25) is 6.82 Å². The highest BCUT2D eigenvalue weighted by molar-refractivity contribution is 7.14. The molecule has 12 heteroatoms. The molecule has 0 bridgehead atoms. The fourth-order valence-corrected chi connectivity index (χ4v) is 4.46. The van der Waals surface area contributed by atoms with Gasteiger partial charge in [0.2, 0.25) is 7.41 Å². The van der Waals surface area contributed by atoms with E-state index < -0.39 is 36.0 Å². The molecule has 1 aliphatic carbocycles. The number of methoxy groups -OCH3 is 1. The van der Waals surface area contributed by atoms with E-state index in [9.17, 15) is 22.8 Å². The van der Waals surface area contributed by atoms with E-state index in [2.05, 4.69) is 15.6 Å². The van der Waals surface area contributed by atoms with Crippen molar-refractivity contribution >= 4 is 35.7 Å². The quantitative estimate of drug-likeness (QED) is 0.473. The van der Waals surface area contributed by atoms with Gasteiger partial charge < -0.3 is 19.8 Å². The Labute approximate surface area is 198 Å². The van der Waals surface area contributed by atoms with E-state index in [1.165, 1.54) is 24.6 Å². The summed E-state index contributed by atoms with van der Waals surface area (Å²) in [6, 6.07) is 3.04. The van der Waals surface area contributed by atoms with Gasteiger partial charge in [0, 0.05) is 36.2 Å². The number of carbonyl (C=O) groups excluding carboxylic acids is 2. The number of aromatic nitrogens is 2. The standard InChI is InChI=1S/C22H21BF3N4O3S/c1-23-30-6-4-12(9-30)19(31)27-17(10-33-2)20(32)29-21-28-18(11-34-21)13-7-15-14(16(24)8-13)3-5-22(15,25)26/h4,6-9,11,17H,3,5,10H2,1-2H3,(H,27,31)(H,28,29,32). The number of alkyl halides is 2. The highest BCUT2D eigenvalue weighted by atomic mass is 32.1. The number of hydrogen-bond donors (Lipinski definition) is 2. The van der Waals surface area contributed by atoms with Crippen molar-refractivity contribution in [2.24, 2.45) is 0 Å². The van der Waals surface area contributed by atoms with Crippen molar-refractivity contribution in [3.05, 3.63) is 58.5 Å². The van der Waals surface area contributed by atoms with Gasteiger partial charge in [-0.05, 0) is 36.4 Å². The Bertz CT molecular complexity index is 1230. The van der Waals surface area contributed by atoms with Crippen molar-refractivity contribution in [1.82, 2.24) is 14.8 Å². The molecule has 1 atom stereocenters. The lowest BCUT2D eigenvalue weighted by Crippen LogP contribution is -2.46. The van der Waals surface area contributed by atoms with Gasteiger partial charge in [0.15, 0.2) is 5.13 Å². The number of carbonyl (C=O) groups is 2. The summed E-state index contributed by atoms with van der Waals surface area (Å²) in [5.74, 6) is -4.79. The van der Waals surface area contributed by atoms with E-state index in [0.29, 0.717) is 5.56 Å². The van der Waals surface area contributed by atoms with Gasteiger partial charge in [-0.25, -0.2) is 18.2 Å². The number of amides is 2. The summed E-state index contributed by atoms with van der Waals surface area (Å²) in [5.41, 5.74) is 0.544. The lowest BCUT2D eigenvalue weighted by Gasteiger charge is -2.16. The van der Waals surface area contributed by atoms with Crippen molar-refractivity contribution < 1.29 is 27.5 Å².